The van der Waals surface area contributed by atoms with Crippen molar-refractivity contribution < 1.29 is 66.9 Å². The molecule has 0 radical (unpaired) electrons. The standard InChI is InChI=1S/C46H52O14/c1-30(47)56-40-38(59-45(50)43(58-32(3)49)42(40)57-31(2)48)29-55-46-44(54-27-36-22-14-7-15-23-36)41(53-26-35-20-12-6-13-21-35)39(52-25-34-18-10-5-11-19-34)37(60-46)28-51-24-33-16-8-4-9-17-33/h4-23,37-46,50H,24-29H2,1-3H3. The van der Waals surface area contributed by atoms with E-state index < -0.39 is 79.3 Å². The largest absolute Gasteiger partial charge is 0.456 e. The van der Waals surface area contributed by atoms with Crippen LogP contribution in [0, 0.1) is 0 Å². The van der Waals surface area contributed by atoms with Gasteiger partial charge in [0.25, 0.3) is 0 Å². The van der Waals surface area contributed by atoms with Crippen LogP contribution < -0.4 is 0 Å². The number of benzene rings is 4. The molecule has 0 aromatic heterocycles. The van der Waals surface area contributed by atoms with Crippen LogP contribution in [-0.4, -0.2) is 97.6 Å². The average Bonchev–Trinajstić information content (AvgIpc) is 3.24. The lowest BCUT2D eigenvalue weighted by Gasteiger charge is -2.47. The quantitative estimate of drug-likeness (QED) is 0.0968. The van der Waals surface area contributed by atoms with Gasteiger partial charge < -0.3 is 52.5 Å². The third-order valence-electron chi connectivity index (χ3n) is 9.78. The fraction of sp³-hybridized carbons (Fsp3) is 0.413. The molecule has 6 rings (SSSR count). The predicted molar refractivity (Wildman–Crippen MR) is 213 cm³/mol. The van der Waals surface area contributed by atoms with Crippen LogP contribution in [0.15, 0.2) is 121 Å². The summed E-state index contributed by atoms with van der Waals surface area (Å²) < 4.78 is 61.9. The van der Waals surface area contributed by atoms with E-state index >= 15 is 0 Å². The number of carbonyl (C=O) groups is 3. The first-order valence-corrected chi connectivity index (χ1v) is 19.8. The molecule has 2 heterocycles. The Balaban J connectivity index is 1.34. The fourth-order valence-electron chi connectivity index (χ4n) is 7.08. The fourth-order valence-corrected chi connectivity index (χ4v) is 7.08. The summed E-state index contributed by atoms with van der Waals surface area (Å²) in [5, 5.41) is 11.1. The number of aliphatic hydroxyl groups excluding tert-OH is 1. The molecule has 0 bridgehead atoms. The second kappa shape index (κ2) is 22.5. The number of carbonyl (C=O) groups excluding carboxylic acids is 3. The number of rotatable bonds is 19. The second-order valence-corrected chi connectivity index (χ2v) is 14.4. The average molecular weight is 829 g/mol. The van der Waals surface area contributed by atoms with Crippen molar-refractivity contribution in [3.8, 4) is 0 Å². The van der Waals surface area contributed by atoms with Crippen molar-refractivity contribution in [1.29, 1.82) is 0 Å². The molecule has 2 aliphatic heterocycles. The molecule has 0 amide bonds. The molecule has 10 atom stereocenters. The molecule has 1 N–H and O–H groups in total. The van der Waals surface area contributed by atoms with Crippen LogP contribution in [0.2, 0.25) is 0 Å². The van der Waals surface area contributed by atoms with Crippen LogP contribution in [0.1, 0.15) is 43.0 Å². The minimum absolute atomic E-state index is 0.0676. The Hall–Kier alpha value is -5.03. The van der Waals surface area contributed by atoms with E-state index in [9.17, 15) is 19.5 Å². The minimum atomic E-state index is -1.78. The minimum Gasteiger partial charge on any atom is -0.456 e. The van der Waals surface area contributed by atoms with E-state index in [0.29, 0.717) is 6.61 Å². The number of aliphatic hydroxyl groups is 1. The van der Waals surface area contributed by atoms with E-state index in [2.05, 4.69) is 0 Å². The van der Waals surface area contributed by atoms with Crippen LogP contribution in [0.5, 0.6) is 0 Å². The summed E-state index contributed by atoms with van der Waals surface area (Å²) >= 11 is 0. The number of hydrogen-bond donors (Lipinski definition) is 1. The maximum atomic E-state index is 12.4. The number of hydrogen-bond acceptors (Lipinski definition) is 14. The van der Waals surface area contributed by atoms with Gasteiger partial charge in [-0.3, -0.25) is 14.4 Å². The molecule has 2 fully saturated rings. The highest BCUT2D eigenvalue weighted by atomic mass is 16.7. The van der Waals surface area contributed by atoms with Gasteiger partial charge in [0.05, 0.1) is 39.6 Å². The van der Waals surface area contributed by atoms with Crippen LogP contribution in [0.3, 0.4) is 0 Å². The van der Waals surface area contributed by atoms with Crippen molar-refractivity contribution in [2.24, 2.45) is 0 Å². The lowest BCUT2D eigenvalue weighted by atomic mass is 9.97. The first kappa shape index (κ1) is 44.5. The van der Waals surface area contributed by atoms with E-state index in [1.807, 2.05) is 121 Å². The van der Waals surface area contributed by atoms with Gasteiger partial charge in [-0.1, -0.05) is 121 Å². The Labute approximate surface area is 349 Å². The van der Waals surface area contributed by atoms with Crippen LogP contribution >= 0.6 is 0 Å². The molecule has 0 spiro atoms. The van der Waals surface area contributed by atoms with Gasteiger partial charge in [0, 0.05) is 20.8 Å². The van der Waals surface area contributed by atoms with E-state index in [1.165, 1.54) is 0 Å². The van der Waals surface area contributed by atoms with Gasteiger partial charge in [-0.2, -0.15) is 0 Å². The number of esters is 3. The summed E-state index contributed by atoms with van der Waals surface area (Å²) in [6.45, 7) is 3.97. The van der Waals surface area contributed by atoms with E-state index in [0.717, 1.165) is 43.0 Å². The molecule has 320 valence electrons. The highest BCUT2D eigenvalue weighted by molar-refractivity contribution is 5.68. The third-order valence-corrected chi connectivity index (χ3v) is 9.78. The van der Waals surface area contributed by atoms with Gasteiger partial charge in [0.15, 0.2) is 30.9 Å². The number of ether oxygens (including phenoxy) is 10. The summed E-state index contributed by atoms with van der Waals surface area (Å²) in [5.74, 6) is -2.30. The zero-order chi connectivity index (χ0) is 42.3. The van der Waals surface area contributed by atoms with Crippen LogP contribution in [-0.2, 0) is 88.2 Å². The molecule has 2 aliphatic rings. The SMILES string of the molecule is CC(=O)OC1C(O)OC(COC2OC(COCc3ccccc3)C(OCc3ccccc3)C(OCc3ccccc3)C2OCc2ccccc2)C(OC(C)=O)C1OC(C)=O. The summed E-state index contributed by atoms with van der Waals surface area (Å²) in [5.41, 5.74) is 3.68. The molecule has 60 heavy (non-hydrogen) atoms. The van der Waals surface area contributed by atoms with E-state index in [1.54, 1.807) is 0 Å². The van der Waals surface area contributed by atoms with Gasteiger partial charge in [-0.05, 0) is 22.3 Å². The summed E-state index contributed by atoms with van der Waals surface area (Å²) in [6.07, 6.45) is -11.8. The lowest BCUT2D eigenvalue weighted by molar-refractivity contribution is -0.343. The van der Waals surface area contributed by atoms with Crippen molar-refractivity contribution >= 4 is 17.9 Å². The maximum absolute atomic E-state index is 12.4. The van der Waals surface area contributed by atoms with Gasteiger partial charge in [-0.25, -0.2) is 0 Å². The Morgan fingerprint density at radius 1 is 0.450 bits per heavy atom. The first-order chi connectivity index (χ1) is 29.1. The molecule has 4 aromatic rings. The van der Waals surface area contributed by atoms with Gasteiger partial charge >= 0.3 is 17.9 Å². The van der Waals surface area contributed by atoms with Gasteiger partial charge in [-0.15, -0.1) is 0 Å². The van der Waals surface area contributed by atoms with Crippen molar-refractivity contribution in [3.63, 3.8) is 0 Å². The molecule has 4 aromatic carbocycles. The summed E-state index contributed by atoms with van der Waals surface area (Å²) in [7, 11) is 0. The van der Waals surface area contributed by atoms with Crippen molar-refractivity contribution in [1.82, 2.24) is 0 Å². The smallest absolute Gasteiger partial charge is 0.303 e. The Morgan fingerprint density at radius 3 is 1.33 bits per heavy atom. The molecule has 10 unspecified atom stereocenters. The van der Waals surface area contributed by atoms with Gasteiger partial charge in [0.2, 0.25) is 0 Å². The lowest BCUT2D eigenvalue weighted by Crippen LogP contribution is -2.64. The molecule has 14 nitrogen and oxygen atoms in total. The maximum Gasteiger partial charge on any atom is 0.303 e. The zero-order valence-electron chi connectivity index (χ0n) is 33.8. The predicted octanol–water partition coefficient (Wildman–Crippen LogP) is 5.21. The Kier molecular flexibility index (Phi) is 16.7. The van der Waals surface area contributed by atoms with Crippen molar-refractivity contribution in [3.05, 3.63) is 144 Å². The zero-order valence-corrected chi connectivity index (χ0v) is 33.8. The molecular weight excluding hydrogens is 776 g/mol. The van der Waals surface area contributed by atoms with Crippen molar-refractivity contribution in [2.75, 3.05) is 13.2 Å². The highest BCUT2D eigenvalue weighted by Gasteiger charge is 2.53. The Morgan fingerprint density at radius 2 is 0.850 bits per heavy atom. The summed E-state index contributed by atoms with van der Waals surface area (Å²) in [6, 6.07) is 38.7. The summed E-state index contributed by atoms with van der Waals surface area (Å²) in [4.78, 5) is 36.7. The third kappa shape index (κ3) is 13.0. The molecule has 0 aliphatic carbocycles. The van der Waals surface area contributed by atoms with Crippen molar-refractivity contribution in [2.45, 2.75) is 109 Å². The Bertz CT molecular complexity index is 1900. The molecule has 0 saturated carbocycles. The molecule has 14 heteroatoms. The molecule has 2 saturated heterocycles. The van der Waals surface area contributed by atoms with Crippen LogP contribution in [0.25, 0.3) is 0 Å². The molecular formula is C46H52O14. The van der Waals surface area contributed by atoms with Gasteiger partial charge in [0.1, 0.15) is 30.5 Å². The monoisotopic (exact) mass is 828 g/mol. The highest BCUT2D eigenvalue weighted by Crippen LogP contribution is 2.34. The first-order valence-electron chi connectivity index (χ1n) is 19.8. The van der Waals surface area contributed by atoms with Crippen LogP contribution in [0.4, 0.5) is 0 Å². The van der Waals surface area contributed by atoms with E-state index in [4.69, 9.17) is 47.4 Å². The topological polar surface area (TPSA) is 164 Å². The normalized spacial score (nSPS) is 26.5. The second-order valence-electron chi connectivity index (χ2n) is 14.4. The van der Waals surface area contributed by atoms with E-state index in [-0.39, 0.29) is 33.0 Å².